The summed E-state index contributed by atoms with van der Waals surface area (Å²) in [6.07, 6.45) is -0.579. The van der Waals surface area contributed by atoms with E-state index in [9.17, 15) is 4.79 Å². The van der Waals surface area contributed by atoms with E-state index in [1.54, 1.807) is 11.3 Å². The molecule has 7 heteroatoms. The summed E-state index contributed by atoms with van der Waals surface area (Å²) in [6.45, 7) is 7.35. The number of hydrogen-bond acceptors (Lipinski definition) is 6. The van der Waals surface area contributed by atoms with E-state index in [0.29, 0.717) is 24.6 Å². The monoisotopic (exact) mass is 409 g/mol. The Labute approximate surface area is 173 Å². The number of piperazine rings is 1. The fourth-order valence-electron chi connectivity index (χ4n) is 3.96. The zero-order valence-corrected chi connectivity index (χ0v) is 17.4. The summed E-state index contributed by atoms with van der Waals surface area (Å²) in [5.41, 5.74) is 3.56. The molecule has 2 aromatic carbocycles. The van der Waals surface area contributed by atoms with Crippen LogP contribution in [-0.4, -0.2) is 54.7 Å². The first kappa shape index (κ1) is 18.2. The molecular formula is C22H23N3O3S. The molecule has 0 aliphatic carbocycles. The van der Waals surface area contributed by atoms with E-state index in [1.807, 2.05) is 29.2 Å². The van der Waals surface area contributed by atoms with Gasteiger partial charge in [-0.2, -0.15) is 0 Å². The van der Waals surface area contributed by atoms with Crippen LogP contribution in [0.5, 0.6) is 11.5 Å². The number of fused-ring (bicyclic) bond motifs is 2. The van der Waals surface area contributed by atoms with Crippen molar-refractivity contribution in [3.63, 3.8) is 0 Å². The van der Waals surface area contributed by atoms with Crippen LogP contribution in [0.25, 0.3) is 10.2 Å². The Morgan fingerprint density at radius 2 is 1.86 bits per heavy atom. The van der Waals surface area contributed by atoms with Gasteiger partial charge >= 0.3 is 0 Å². The van der Waals surface area contributed by atoms with Crippen LogP contribution in [0, 0.1) is 13.8 Å². The van der Waals surface area contributed by atoms with E-state index < -0.39 is 6.10 Å². The minimum atomic E-state index is -0.579. The van der Waals surface area contributed by atoms with Crippen LogP contribution < -0.4 is 14.4 Å². The first-order valence-electron chi connectivity index (χ1n) is 9.88. The third-order valence-corrected chi connectivity index (χ3v) is 6.53. The van der Waals surface area contributed by atoms with Gasteiger partial charge in [0.25, 0.3) is 5.91 Å². The van der Waals surface area contributed by atoms with Gasteiger partial charge in [-0.15, -0.1) is 0 Å². The second-order valence-electron chi connectivity index (χ2n) is 7.60. The fraction of sp³-hybridized carbons (Fsp3) is 0.364. The Balaban J connectivity index is 1.25. The molecule has 0 spiro atoms. The molecule has 1 atom stereocenters. The number of amides is 1. The highest BCUT2D eigenvalue weighted by atomic mass is 32.1. The van der Waals surface area contributed by atoms with Gasteiger partial charge in [-0.25, -0.2) is 4.98 Å². The lowest BCUT2D eigenvalue weighted by atomic mass is 10.1. The van der Waals surface area contributed by atoms with E-state index in [4.69, 9.17) is 14.5 Å². The van der Waals surface area contributed by atoms with Crippen LogP contribution in [0.2, 0.25) is 0 Å². The maximum Gasteiger partial charge on any atom is 0.267 e. The third-order valence-electron chi connectivity index (χ3n) is 5.46. The summed E-state index contributed by atoms with van der Waals surface area (Å²) in [7, 11) is 0. The van der Waals surface area contributed by atoms with Crippen molar-refractivity contribution in [2.24, 2.45) is 0 Å². The number of anilines is 1. The zero-order chi connectivity index (χ0) is 20.0. The zero-order valence-electron chi connectivity index (χ0n) is 16.6. The van der Waals surface area contributed by atoms with Crippen LogP contribution in [0.1, 0.15) is 11.1 Å². The van der Waals surface area contributed by atoms with Gasteiger partial charge in [-0.3, -0.25) is 4.79 Å². The lowest BCUT2D eigenvalue weighted by Crippen LogP contribution is -2.54. The van der Waals surface area contributed by atoms with Gasteiger partial charge in [-0.1, -0.05) is 29.5 Å². The molecule has 1 fully saturated rings. The molecular weight excluding hydrogens is 386 g/mol. The van der Waals surface area contributed by atoms with Crippen LogP contribution in [0.4, 0.5) is 5.13 Å². The second kappa shape index (κ2) is 7.22. The summed E-state index contributed by atoms with van der Waals surface area (Å²) in [5.74, 6) is 1.33. The summed E-state index contributed by atoms with van der Waals surface area (Å²) in [6, 6.07) is 11.8. The number of aryl methyl sites for hydroxylation is 2. The van der Waals surface area contributed by atoms with E-state index in [0.717, 1.165) is 23.7 Å². The van der Waals surface area contributed by atoms with Crippen LogP contribution >= 0.6 is 11.3 Å². The molecule has 2 aliphatic rings. The van der Waals surface area contributed by atoms with Gasteiger partial charge in [0, 0.05) is 26.2 Å². The number of para-hydroxylation sites is 2. The number of ether oxygens (including phenoxy) is 2. The molecule has 0 radical (unpaired) electrons. The SMILES string of the molecule is Cc1cc(C)c2nc(N3CCN(C(=O)C4COc5ccccc5O4)CC3)sc2c1. The van der Waals surface area contributed by atoms with Crippen molar-refractivity contribution in [2.75, 3.05) is 37.7 Å². The minimum absolute atomic E-state index is 0.00470. The van der Waals surface area contributed by atoms with Crippen molar-refractivity contribution in [2.45, 2.75) is 20.0 Å². The van der Waals surface area contributed by atoms with Gasteiger partial charge in [0.2, 0.25) is 6.10 Å². The lowest BCUT2D eigenvalue weighted by Gasteiger charge is -2.37. The van der Waals surface area contributed by atoms with Gasteiger partial charge in [0.05, 0.1) is 10.2 Å². The van der Waals surface area contributed by atoms with Gasteiger partial charge < -0.3 is 19.3 Å². The standard InChI is InChI=1S/C22H23N3O3S/c1-14-11-15(2)20-19(12-14)29-22(23-20)25-9-7-24(8-10-25)21(26)18-13-27-16-5-3-4-6-17(16)28-18/h3-6,11-12,18H,7-10,13H2,1-2H3. The Morgan fingerprint density at radius 3 is 2.66 bits per heavy atom. The predicted octanol–water partition coefficient (Wildman–Crippen LogP) is 3.40. The summed E-state index contributed by atoms with van der Waals surface area (Å²) in [5, 5.41) is 1.03. The second-order valence-corrected chi connectivity index (χ2v) is 8.61. The average Bonchev–Trinajstić information content (AvgIpc) is 3.17. The van der Waals surface area contributed by atoms with Crippen molar-refractivity contribution in [3.05, 3.63) is 47.5 Å². The molecule has 29 heavy (non-hydrogen) atoms. The first-order valence-corrected chi connectivity index (χ1v) is 10.7. The molecule has 3 heterocycles. The maximum absolute atomic E-state index is 12.9. The van der Waals surface area contributed by atoms with E-state index in [-0.39, 0.29) is 12.5 Å². The van der Waals surface area contributed by atoms with Gasteiger partial charge in [0.1, 0.15) is 6.61 Å². The number of carbonyl (C=O) groups excluding carboxylic acids is 1. The van der Waals surface area contributed by atoms with Crippen molar-refractivity contribution in [1.82, 2.24) is 9.88 Å². The number of thiazole rings is 1. The van der Waals surface area contributed by atoms with Gasteiger partial charge in [-0.05, 0) is 43.2 Å². The normalized spacial score (nSPS) is 18.9. The van der Waals surface area contributed by atoms with Crippen molar-refractivity contribution in [3.8, 4) is 11.5 Å². The van der Waals surface area contributed by atoms with Crippen LogP contribution in [0.15, 0.2) is 36.4 Å². The summed E-state index contributed by atoms with van der Waals surface area (Å²) >= 11 is 1.73. The Bertz CT molecular complexity index is 1070. The van der Waals surface area contributed by atoms with E-state index in [1.165, 1.54) is 15.8 Å². The average molecular weight is 410 g/mol. The Hall–Kier alpha value is -2.80. The van der Waals surface area contributed by atoms with E-state index in [2.05, 4.69) is 30.9 Å². The molecule has 1 unspecified atom stereocenters. The molecule has 1 aromatic heterocycles. The molecule has 0 saturated carbocycles. The predicted molar refractivity (Wildman–Crippen MR) is 114 cm³/mol. The third kappa shape index (κ3) is 3.40. The number of nitrogens with zero attached hydrogens (tertiary/aromatic N) is 3. The molecule has 1 saturated heterocycles. The van der Waals surface area contributed by atoms with Gasteiger partial charge in [0.15, 0.2) is 16.6 Å². The fourth-order valence-corrected chi connectivity index (χ4v) is 5.15. The smallest absolute Gasteiger partial charge is 0.267 e. The van der Waals surface area contributed by atoms with Crippen LogP contribution in [-0.2, 0) is 4.79 Å². The molecule has 0 bridgehead atoms. The van der Waals surface area contributed by atoms with E-state index >= 15 is 0 Å². The molecule has 6 nitrogen and oxygen atoms in total. The maximum atomic E-state index is 12.9. The first-order chi connectivity index (χ1) is 14.1. The molecule has 3 aromatic rings. The van der Waals surface area contributed by atoms with Crippen molar-refractivity contribution < 1.29 is 14.3 Å². The largest absolute Gasteiger partial charge is 0.485 e. The number of benzene rings is 2. The van der Waals surface area contributed by atoms with Crippen LogP contribution in [0.3, 0.4) is 0 Å². The molecule has 5 rings (SSSR count). The molecule has 0 N–H and O–H groups in total. The Kier molecular flexibility index (Phi) is 4.54. The summed E-state index contributed by atoms with van der Waals surface area (Å²) in [4.78, 5) is 21.9. The number of hydrogen-bond donors (Lipinski definition) is 0. The molecule has 1 amide bonds. The lowest BCUT2D eigenvalue weighted by molar-refractivity contribution is -0.141. The molecule has 2 aliphatic heterocycles. The number of rotatable bonds is 2. The molecule has 150 valence electrons. The highest BCUT2D eigenvalue weighted by Gasteiger charge is 2.33. The highest BCUT2D eigenvalue weighted by Crippen LogP contribution is 2.33. The topological polar surface area (TPSA) is 54.9 Å². The van der Waals surface area contributed by atoms with Crippen molar-refractivity contribution in [1.29, 1.82) is 0 Å². The van der Waals surface area contributed by atoms with Crippen molar-refractivity contribution >= 4 is 32.6 Å². The number of carbonyl (C=O) groups is 1. The summed E-state index contributed by atoms with van der Waals surface area (Å²) < 4.78 is 12.8. The minimum Gasteiger partial charge on any atom is -0.485 e. The number of aromatic nitrogens is 1. The quantitative estimate of drug-likeness (QED) is 0.649. The Morgan fingerprint density at radius 1 is 1.10 bits per heavy atom. The highest BCUT2D eigenvalue weighted by molar-refractivity contribution is 7.22.